The van der Waals surface area contributed by atoms with E-state index < -0.39 is 11.9 Å². The van der Waals surface area contributed by atoms with Crippen LogP contribution in [0.15, 0.2) is 93.8 Å². The third-order valence-electron chi connectivity index (χ3n) is 10.7. The summed E-state index contributed by atoms with van der Waals surface area (Å²) >= 11 is 0. The maximum atomic E-state index is 12.5. The first-order valence-corrected chi connectivity index (χ1v) is 21.4. The highest BCUT2D eigenvalue weighted by Gasteiger charge is 2.32. The minimum absolute atomic E-state index is 0.0838. The Morgan fingerprint density at radius 3 is 1.51 bits per heavy atom. The predicted octanol–water partition coefficient (Wildman–Crippen LogP) is 4.19. The van der Waals surface area contributed by atoms with Crippen molar-refractivity contribution in [3.8, 4) is 45.9 Å². The monoisotopic (exact) mass is 940 g/mol. The number of methoxy groups -OCH3 is 4. The predicted molar refractivity (Wildman–Crippen MR) is 253 cm³/mol. The number of rotatable bonds is 12. The molecule has 7 N–H and O–H groups in total. The van der Waals surface area contributed by atoms with Crippen molar-refractivity contribution in [2.24, 2.45) is 5.73 Å². The molecule has 0 spiro atoms. The molecule has 23 nitrogen and oxygen atoms in total. The maximum Gasteiger partial charge on any atom is 0.396 e. The lowest BCUT2D eigenvalue weighted by Crippen LogP contribution is -2.60. The van der Waals surface area contributed by atoms with Crippen LogP contribution < -0.4 is 51.3 Å². The van der Waals surface area contributed by atoms with Crippen molar-refractivity contribution in [2.45, 2.75) is 19.0 Å². The number of ether oxygens (including phenoxy) is 5. The lowest BCUT2D eigenvalue weighted by atomic mass is 10.1. The molecule has 23 heteroatoms. The van der Waals surface area contributed by atoms with E-state index in [9.17, 15) is 9.59 Å². The number of nitrogens with one attached hydrogen (secondary N) is 1. The van der Waals surface area contributed by atoms with Crippen LogP contribution in [0.25, 0.3) is 44.7 Å². The molecule has 2 fully saturated rings. The number of benzene rings is 4. The second-order valence-electron chi connectivity index (χ2n) is 15.3. The smallest absolute Gasteiger partial charge is 0.396 e. The molecule has 0 saturated carbocycles. The number of hydrogen-bond donors (Lipinski definition) is 4. The molecule has 10 rings (SSSR count). The normalized spacial score (nSPS) is 13.2. The molecule has 0 bridgehead atoms. The van der Waals surface area contributed by atoms with Crippen LogP contribution >= 0.6 is 0 Å². The lowest BCUT2D eigenvalue weighted by Gasteiger charge is -2.39. The summed E-state index contributed by atoms with van der Waals surface area (Å²) in [5.74, 6) is 3.53. The van der Waals surface area contributed by atoms with Crippen LogP contribution in [0.2, 0.25) is 0 Å². The van der Waals surface area contributed by atoms with Crippen molar-refractivity contribution < 1.29 is 42.1 Å². The Morgan fingerprint density at radius 2 is 1.06 bits per heavy atom. The number of carbonyl (C=O) groups is 2. The van der Waals surface area contributed by atoms with Gasteiger partial charge in [0.05, 0.1) is 52.1 Å². The van der Waals surface area contributed by atoms with Gasteiger partial charge in [-0.25, -0.2) is 14.8 Å². The first-order chi connectivity index (χ1) is 33.5. The summed E-state index contributed by atoms with van der Waals surface area (Å²) in [5, 5.41) is 19.5. The van der Waals surface area contributed by atoms with Gasteiger partial charge >= 0.3 is 23.7 Å². The number of nitrogen functional groups attached to an aromatic ring is 2. The van der Waals surface area contributed by atoms with Crippen LogP contribution in [0.5, 0.6) is 23.0 Å². The quantitative estimate of drug-likeness (QED) is 0.125. The Kier molecular flexibility index (Phi) is 14.0. The van der Waals surface area contributed by atoms with Gasteiger partial charge in [0, 0.05) is 66.3 Å². The summed E-state index contributed by atoms with van der Waals surface area (Å²) in [4.78, 5) is 45.5. The Hall–Kier alpha value is -8.86. The Morgan fingerprint density at radius 1 is 0.623 bits per heavy atom. The van der Waals surface area contributed by atoms with Crippen LogP contribution in [0, 0.1) is 0 Å². The van der Waals surface area contributed by atoms with Gasteiger partial charge in [0.25, 0.3) is 0 Å². The van der Waals surface area contributed by atoms with Crippen molar-refractivity contribution >= 4 is 57.2 Å². The highest BCUT2D eigenvalue weighted by Crippen LogP contribution is 2.36. The van der Waals surface area contributed by atoms with Crippen LogP contribution in [0.4, 0.5) is 23.5 Å². The molecule has 4 aromatic heterocycles. The van der Waals surface area contributed by atoms with E-state index >= 15 is 0 Å². The SMILES string of the molecule is CCOC(=O)c1nnc(-c2ccccc2)o1.COc1cc2nc(N3CC(N)C3)nc(N)c2cc1OC.COc1cc2nc(N3CC(NC(=O)c4nnc(-c5ccccc5)o4)C3)nc(N)c2cc1OC. The van der Waals surface area contributed by atoms with Crippen molar-refractivity contribution in [1.82, 2.24) is 45.6 Å². The molecule has 6 heterocycles. The Labute approximate surface area is 393 Å². The number of nitrogens with zero attached hydrogens (tertiary/aromatic N) is 10. The number of anilines is 4. The standard InChI is InChI=1S/C22H21N7O4.C13H17N5O2.C11H10N2O3/c1-31-16-8-14-15(9-17(16)32-2)25-22(26-18(14)23)29-10-13(11-29)24-19(30)21-28-27-20(33-21)12-6-4-3-5-7-12;1-19-10-3-8-9(4-11(10)20-2)16-13(17-12(8)15)18-5-7(14)6-18;1-2-15-11(14)10-13-12-9(16-10)8-6-4-3-5-7-8/h3-9,13H,10-11H2,1-2H3,(H,24,30)(H2,23,25,26);3-4,7H,5-6,14H2,1-2H3,(H2,15,16,17);3-7H,2H2,1H3. The van der Waals surface area contributed by atoms with Gasteiger partial charge in [0.1, 0.15) is 11.6 Å². The molecule has 0 atom stereocenters. The van der Waals surface area contributed by atoms with Crippen LogP contribution in [-0.2, 0) is 4.74 Å². The number of amides is 1. The summed E-state index contributed by atoms with van der Waals surface area (Å²) in [6.45, 7) is 4.53. The van der Waals surface area contributed by atoms with E-state index in [2.05, 4.69) is 45.6 Å². The molecule has 0 aliphatic carbocycles. The highest BCUT2D eigenvalue weighted by molar-refractivity contribution is 5.93. The van der Waals surface area contributed by atoms with Gasteiger partial charge in [0.15, 0.2) is 23.0 Å². The molecular weight excluding hydrogens is 893 g/mol. The number of nitrogens with two attached hydrogens (primary N) is 3. The van der Waals surface area contributed by atoms with Crippen molar-refractivity contribution in [1.29, 1.82) is 0 Å². The number of aromatic nitrogens is 8. The van der Waals surface area contributed by atoms with Crippen LogP contribution in [0.3, 0.4) is 0 Å². The average Bonchev–Trinajstić information content (AvgIpc) is 4.06. The minimum Gasteiger partial charge on any atom is -0.493 e. The summed E-state index contributed by atoms with van der Waals surface area (Å²) in [7, 11) is 6.28. The van der Waals surface area contributed by atoms with Gasteiger partial charge in [-0.15, -0.1) is 20.4 Å². The first-order valence-electron chi connectivity index (χ1n) is 21.4. The number of hydrogen-bond acceptors (Lipinski definition) is 22. The molecule has 0 unspecified atom stereocenters. The average molecular weight is 941 g/mol. The van der Waals surface area contributed by atoms with Gasteiger partial charge in [-0.2, -0.15) is 9.97 Å². The van der Waals surface area contributed by atoms with Gasteiger partial charge < -0.3 is 64.8 Å². The fraction of sp³-hybridized carbons (Fsp3) is 0.261. The van der Waals surface area contributed by atoms with Gasteiger partial charge in [-0.3, -0.25) is 4.79 Å². The third-order valence-corrected chi connectivity index (χ3v) is 10.7. The largest absolute Gasteiger partial charge is 0.493 e. The summed E-state index contributed by atoms with van der Waals surface area (Å²) in [5.41, 5.74) is 20.8. The molecule has 0 radical (unpaired) electrons. The minimum atomic E-state index is -0.600. The van der Waals surface area contributed by atoms with E-state index in [1.807, 2.05) is 70.5 Å². The Bertz CT molecular complexity index is 3070. The van der Waals surface area contributed by atoms with Crippen LogP contribution in [-0.4, -0.2) is 126 Å². The zero-order valence-electron chi connectivity index (χ0n) is 38.2. The van der Waals surface area contributed by atoms with Crippen molar-refractivity contribution in [2.75, 3.05) is 82.5 Å². The van der Waals surface area contributed by atoms with Crippen molar-refractivity contribution in [3.05, 3.63) is 96.7 Å². The zero-order valence-corrected chi connectivity index (χ0v) is 38.2. The van der Waals surface area contributed by atoms with E-state index in [1.165, 1.54) is 0 Å². The van der Waals surface area contributed by atoms with Crippen molar-refractivity contribution in [3.63, 3.8) is 0 Å². The molecule has 2 saturated heterocycles. The first kappa shape index (κ1) is 46.7. The fourth-order valence-corrected chi connectivity index (χ4v) is 7.08. The van der Waals surface area contributed by atoms with E-state index in [0.29, 0.717) is 82.3 Å². The third kappa shape index (κ3) is 10.4. The zero-order chi connectivity index (χ0) is 48.6. The van der Waals surface area contributed by atoms with E-state index in [4.69, 9.17) is 49.7 Å². The molecule has 356 valence electrons. The van der Waals surface area contributed by atoms with E-state index in [1.54, 1.807) is 59.6 Å². The topological polar surface area (TPSA) is 306 Å². The maximum absolute atomic E-state index is 12.5. The molecule has 4 aromatic carbocycles. The molecule has 2 aliphatic rings. The number of esters is 1. The van der Waals surface area contributed by atoms with Gasteiger partial charge in [-0.1, -0.05) is 36.4 Å². The van der Waals surface area contributed by atoms with Crippen LogP contribution in [0.1, 0.15) is 28.3 Å². The fourth-order valence-electron chi connectivity index (χ4n) is 7.08. The second-order valence-corrected chi connectivity index (χ2v) is 15.3. The summed E-state index contributed by atoms with van der Waals surface area (Å²) < 4.78 is 36.6. The molecule has 69 heavy (non-hydrogen) atoms. The number of carbonyl (C=O) groups excluding carboxylic acids is 2. The molecule has 8 aromatic rings. The second kappa shape index (κ2) is 20.8. The summed E-state index contributed by atoms with van der Waals surface area (Å²) in [6, 6.07) is 25.7. The highest BCUT2D eigenvalue weighted by atomic mass is 16.5. The van der Waals surface area contributed by atoms with Gasteiger partial charge in [0.2, 0.25) is 23.7 Å². The molecule has 2 aliphatic heterocycles. The van der Waals surface area contributed by atoms with E-state index in [0.717, 1.165) is 35.1 Å². The van der Waals surface area contributed by atoms with E-state index in [-0.39, 0.29) is 30.5 Å². The number of fused-ring (bicyclic) bond motifs is 2. The summed E-state index contributed by atoms with van der Waals surface area (Å²) in [6.07, 6.45) is 0. The lowest BCUT2D eigenvalue weighted by molar-refractivity contribution is 0.0481. The molecule has 1 amide bonds. The molecular formula is C46H48N14O9. The van der Waals surface area contributed by atoms with Gasteiger partial charge in [-0.05, 0) is 43.3 Å². The Balaban J connectivity index is 0.000000152.